The number of nitrogens with two attached hydrogens (primary N) is 1. The van der Waals surface area contributed by atoms with Crippen LogP contribution in [0.15, 0.2) is 16.6 Å². The lowest BCUT2D eigenvalue weighted by Gasteiger charge is -2.05. The maximum absolute atomic E-state index is 11.1. The van der Waals surface area contributed by atoms with Gasteiger partial charge >= 0.3 is 5.97 Å². The van der Waals surface area contributed by atoms with Gasteiger partial charge in [0.25, 0.3) is 0 Å². The molecule has 0 aliphatic heterocycles. The Kier molecular flexibility index (Phi) is 2.77. The molecule has 13 heavy (non-hydrogen) atoms. The van der Waals surface area contributed by atoms with Crippen molar-refractivity contribution >= 4 is 27.6 Å². The molecule has 70 valence electrons. The molecule has 0 heterocycles. The van der Waals surface area contributed by atoms with Gasteiger partial charge in [0, 0.05) is 4.47 Å². The summed E-state index contributed by atoms with van der Waals surface area (Å²) in [6, 6.07) is 2.89. The topological polar surface area (TPSA) is 72.5 Å². The molecule has 0 saturated carbocycles. The van der Waals surface area contributed by atoms with Crippen LogP contribution in [-0.2, 0) is 4.74 Å². The maximum Gasteiger partial charge on any atom is 0.340 e. The van der Waals surface area contributed by atoms with Gasteiger partial charge in [0.15, 0.2) is 0 Å². The van der Waals surface area contributed by atoms with Crippen LogP contribution in [0.2, 0.25) is 0 Å². The Hall–Kier alpha value is -1.23. The number of hydrogen-bond donors (Lipinski definition) is 2. The Bertz CT molecular complexity index is 351. The first-order valence-electron chi connectivity index (χ1n) is 3.42. The Morgan fingerprint density at radius 3 is 2.77 bits per heavy atom. The third-order valence-corrected chi connectivity index (χ3v) is 1.99. The molecule has 0 atom stereocenters. The van der Waals surface area contributed by atoms with E-state index in [1.807, 2.05) is 0 Å². The zero-order valence-electron chi connectivity index (χ0n) is 6.87. The fourth-order valence-corrected chi connectivity index (χ4v) is 1.33. The summed E-state index contributed by atoms with van der Waals surface area (Å²) in [7, 11) is 1.25. The molecule has 5 heteroatoms. The molecule has 0 aromatic heterocycles. The molecule has 0 bridgehead atoms. The van der Waals surface area contributed by atoms with Crippen LogP contribution in [0.3, 0.4) is 0 Å². The first-order chi connectivity index (χ1) is 6.06. The van der Waals surface area contributed by atoms with Gasteiger partial charge in [-0.3, -0.25) is 0 Å². The average molecular weight is 246 g/mol. The quantitative estimate of drug-likeness (QED) is 0.447. The van der Waals surface area contributed by atoms with E-state index in [4.69, 9.17) is 5.73 Å². The van der Waals surface area contributed by atoms with Crippen molar-refractivity contribution in [3.63, 3.8) is 0 Å². The number of hydrogen-bond acceptors (Lipinski definition) is 4. The van der Waals surface area contributed by atoms with Crippen molar-refractivity contribution in [1.29, 1.82) is 0 Å². The van der Waals surface area contributed by atoms with Gasteiger partial charge in [0.05, 0.1) is 18.4 Å². The van der Waals surface area contributed by atoms with Gasteiger partial charge in [0.2, 0.25) is 0 Å². The number of ether oxygens (including phenoxy) is 1. The lowest BCUT2D eigenvalue weighted by molar-refractivity contribution is 0.0601. The summed E-state index contributed by atoms with van der Waals surface area (Å²) in [4.78, 5) is 11.1. The summed E-state index contributed by atoms with van der Waals surface area (Å²) in [5, 5.41) is 9.26. The molecule has 0 aliphatic carbocycles. The summed E-state index contributed by atoms with van der Waals surface area (Å²) in [5.41, 5.74) is 5.63. The van der Waals surface area contributed by atoms with Crippen molar-refractivity contribution in [3.8, 4) is 5.75 Å². The highest BCUT2D eigenvalue weighted by Crippen LogP contribution is 2.29. The molecule has 1 aromatic rings. The molecule has 0 spiro atoms. The zero-order valence-corrected chi connectivity index (χ0v) is 8.46. The van der Waals surface area contributed by atoms with E-state index in [0.29, 0.717) is 4.47 Å². The minimum atomic E-state index is -0.575. The van der Waals surface area contributed by atoms with E-state index < -0.39 is 5.97 Å². The first-order valence-corrected chi connectivity index (χ1v) is 4.22. The number of benzene rings is 1. The molecule has 1 rings (SSSR count). The number of phenols is 1. The van der Waals surface area contributed by atoms with Crippen molar-refractivity contribution < 1.29 is 14.6 Å². The van der Waals surface area contributed by atoms with Crippen molar-refractivity contribution in [2.45, 2.75) is 0 Å². The largest absolute Gasteiger partial charge is 0.506 e. The third kappa shape index (κ3) is 1.92. The molecular formula is C8H8BrNO3. The lowest BCUT2D eigenvalue weighted by Crippen LogP contribution is -2.05. The predicted octanol–water partition coefficient (Wildman–Crippen LogP) is 1.52. The summed E-state index contributed by atoms with van der Waals surface area (Å²) < 4.78 is 5.05. The van der Waals surface area contributed by atoms with Gasteiger partial charge in [-0.1, -0.05) is 15.9 Å². The molecule has 0 radical (unpaired) electrons. The summed E-state index contributed by atoms with van der Waals surface area (Å²) >= 11 is 3.12. The van der Waals surface area contributed by atoms with Crippen LogP contribution < -0.4 is 5.73 Å². The zero-order chi connectivity index (χ0) is 10.0. The lowest BCUT2D eigenvalue weighted by atomic mass is 10.1. The van der Waals surface area contributed by atoms with Gasteiger partial charge < -0.3 is 15.6 Å². The number of methoxy groups -OCH3 is 1. The normalized spacial score (nSPS) is 9.69. The number of anilines is 1. The van der Waals surface area contributed by atoms with Crippen LogP contribution in [0, 0.1) is 0 Å². The van der Waals surface area contributed by atoms with Crippen molar-refractivity contribution in [2.75, 3.05) is 12.8 Å². The summed E-state index contributed by atoms with van der Waals surface area (Å²) in [6.45, 7) is 0. The number of phenolic OH excluding ortho intramolecular Hbond substituents is 1. The van der Waals surface area contributed by atoms with E-state index in [2.05, 4.69) is 20.7 Å². The Balaban J connectivity index is 3.28. The van der Waals surface area contributed by atoms with Gasteiger partial charge in [-0.15, -0.1) is 0 Å². The fourth-order valence-electron chi connectivity index (χ4n) is 0.882. The molecule has 3 N–H and O–H groups in total. The molecule has 0 saturated heterocycles. The average Bonchev–Trinajstić information content (AvgIpc) is 2.10. The van der Waals surface area contributed by atoms with Crippen molar-refractivity contribution in [1.82, 2.24) is 0 Å². The summed E-state index contributed by atoms with van der Waals surface area (Å²) in [5.74, 6) is -0.719. The molecule has 0 fully saturated rings. The smallest absolute Gasteiger partial charge is 0.340 e. The Labute approximate surface area is 83.4 Å². The SMILES string of the molecule is COC(=O)c1cc(Br)cc(O)c1N. The standard InChI is InChI=1S/C8H8BrNO3/c1-13-8(12)5-2-4(9)3-6(11)7(5)10/h2-3,11H,10H2,1H3. The third-order valence-electron chi connectivity index (χ3n) is 1.53. The number of esters is 1. The number of halogens is 1. The Morgan fingerprint density at radius 1 is 1.62 bits per heavy atom. The maximum atomic E-state index is 11.1. The summed E-state index contributed by atoms with van der Waals surface area (Å²) in [6.07, 6.45) is 0. The molecule has 0 aliphatic rings. The van der Waals surface area contributed by atoms with E-state index in [1.165, 1.54) is 19.2 Å². The van der Waals surface area contributed by atoms with Gasteiger partial charge in [0.1, 0.15) is 5.75 Å². The van der Waals surface area contributed by atoms with Crippen LogP contribution in [-0.4, -0.2) is 18.2 Å². The molecule has 1 aromatic carbocycles. The van der Waals surface area contributed by atoms with Crippen LogP contribution in [0.4, 0.5) is 5.69 Å². The van der Waals surface area contributed by atoms with E-state index in [1.54, 1.807) is 0 Å². The minimum Gasteiger partial charge on any atom is -0.506 e. The first kappa shape index (κ1) is 9.85. The predicted molar refractivity (Wildman–Crippen MR) is 51.6 cm³/mol. The van der Waals surface area contributed by atoms with Crippen LogP contribution in [0.25, 0.3) is 0 Å². The number of rotatable bonds is 1. The minimum absolute atomic E-state index is 0.0232. The van der Waals surface area contributed by atoms with Gasteiger partial charge in [-0.2, -0.15) is 0 Å². The van der Waals surface area contributed by atoms with Crippen LogP contribution >= 0.6 is 15.9 Å². The Morgan fingerprint density at radius 2 is 2.23 bits per heavy atom. The van der Waals surface area contributed by atoms with Crippen LogP contribution in [0.5, 0.6) is 5.75 Å². The number of nitrogen functional groups attached to an aromatic ring is 1. The van der Waals surface area contributed by atoms with Crippen molar-refractivity contribution in [3.05, 3.63) is 22.2 Å². The molecule has 0 amide bonds. The van der Waals surface area contributed by atoms with E-state index in [9.17, 15) is 9.90 Å². The number of carbonyl (C=O) groups is 1. The monoisotopic (exact) mass is 245 g/mol. The second-order valence-electron chi connectivity index (χ2n) is 2.38. The van der Waals surface area contributed by atoms with Crippen molar-refractivity contribution in [2.24, 2.45) is 0 Å². The van der Waals surface area contributed by atoms with Gasteiger partial charge in [-0.25, -0.2) is 4.79 Å². The van der Waals surface area contributed by atoms with E-state index in [0.717, 1.165) is 0 Å². The van der Waals surface area contributed by atoms with E-state index >= 15 is 0 Å². The van der Waals surface area contributed by atoms with Gasteiger partial charge in [-0.05, 0) is 12.1 Å². The number of aromatic hydroxyl groups is 1. The highest BCUT2D eigenvalue weighted by molar-refractivity contribution is 9.10. The number of carbonyl (C=O) groups excluding carboxylic acids is 1. The highest BCUT2D eigenvalue weighted by Gasteiger charge is 2.13. The second-order valence-corrected chi connectivity index (χ2v) is 3.29. The molecule has 0 unspecified atom stereocenters. The molecular weight excluding hydrogens is 238 g/mol. The second kappa shape index (κ2) is 3.66. The fraction of sp³-hybridized carbons (Fsp3) is 0.125. The van der Waals surface area contributed by atoms with Crippen LogP contribution in [0.1, 0.15) is 10.4 Å². The molecule has 4 nitrogen and oxygen atoms in total. The van der Waals surface area contributed by atoms with E-state index in [-0.39, 0.29) is 17.0 Å². The highest BCUT2D eigenvalue weighted by atomic mass is 79.9.